The molecular formula is C79H57N. The molecule has 0 fully saturated rings. The van der Waals surface area contributed by atoms with Gasteiger partial charge in [-0.15, -0.1) is 0 Å². The number of aromatic nitrogens is 1. The quantitative estimate of drug-likeness (QED) is 0.150. The lowest BCUT2D eigenvalue weighted by atomic mass is 9.78. The number of benzene rings is 12. The van der Waals surface area contributed by atoms with Crippen LogP contribution in [0.2, 0.25) is 0 Å². The van der Waals surface area contributed by atoms with Crippen LogP contribution in [-0.4, -0.2) is 4.57 Å². The summed E-state index contributed by atoms with van der Waals surface area (Å²) >= 11 is 0. The third-order valence-electron chi connectivity index (χ3n) is 18.5. The Bertz CT molecular complexity index is 4730. The molecule has 0 amide bonds. The molecule has 3 aliphatic rings. The van der Waals surface area contributed by atoms with Crippen LogP contribution in [0, 0.1) is 13.8 Å². The summed E-state index contributed by atoms with van der Waals surface area (Å²) in [6.45, 7) is 9.32. The van der Waals surface area contributed by atoms with Crippen LogP contribution in [-0.2, 0) is 18.3 Å². The lowest BCUT2D eigenvalue weighted by Gasteiger charge is -2.25. The van der Waals surface area contributed by atoms with Gasteiger partial charge in [0, 0.05) is 21.9 Å². The highest BCUT2D eigenvalue weighted by molar-refractivity contribution is 6.12. The minimum absolute atomic E-state index is 0.197. The molecule has 0 aliphatic heterocycles. The normalized spacial score (nSPS) is 13.2. The van der Waals surface area contributed by atoms with Crippen LogP contribution in [0.15, 0.2) is 249 Å². The number of hydrogen-bond donors (Lipinski definition) is 0. The van der Waals surface area contributed by atoms with Crippen LogP contribution < -0.4 is 0 Å². The zero-order valence-corrected chi connectivity index (χ0v) is 45.5. The van der Waals surface area contributed by atoms with Crippen LogP contribution in [0.1, 0.15) is 58.4 Å². The van der Waals surface area contributed by atoms with E-state index in [1.54, 1.807) is 0 Å². The number of rotatable bonds is 7. The van der Waals surface area contributed by atoms with E-state index in [-0.39, 0.29) is 5.41 Å². The van der Waals surface area contributed by atoms with E-state index in [2.05, 4.69) is 281 Å². The van der Waals surface area contributed by atoms with Gasteiger partial charge in [-0.25, -0.2) is 0 Å². The third-order valence-corrected chi connectivity index (χ3v) is 18.5. The van der Waals surface area contributed by atoms with Gasteiger partial charge in [-0.2, -0.15) is 0 Å². The lowest BCUT2D eigenvalue weighted by Crippen LogP contribution is -2.16. The first-order valence-corrected chi connectivity index (χ1v) is 28.4. The van der Waals surface area contributed by atoms with Crippen molar-refractivity contribution in [2.45, 2.75) is 46.0 Å². The lowest BCUT2D eigenvalue weighted by molar-refractivity contribution is 0.662. The molecular weight excluding hydrogens is 963 g/mol. The molecule has 378 valence electrons. The van der Waals surface area contributed by atoms with Crippen LogP contribution in [0.4, 0.5) is 0 Å². The second-order valence-electron chi connectivity index (χ2n) is 23.2. The third kappa shape index (κ3) is 7.03. The Morgan fingerprint density at radius 3 is 1.32 bits per heavy atom. The second kappa shape index (κ2) is 17.7. The zero-order valence-electron chi connectivity index (χ0n) is 45.5. The minimum atomic E-state index is -0.197. The Morgan fingerprint density at radius 2 is 0.738 bits per heavy atom. The van der Waals surface area contributed by atoms with Crippen molar-refractivity contribution in [1.29, 1.82) is 0 Å². The summed E-state index contributed by atoms with van der Waals surface area (Å²) < 4.78 is 2.51. The largest absolute Gasteiger partial charge is 0.309 e. The number of aryl methyl sites for hydroxylation is 1. The van der Waals surface area contributed by atoms with E-state index in [1.165, 1.54) is 172 Å². The Labute approximate surface area is 468 Å². The zero-order chi connectivity index (χ0) is 53.4. The summed E-state index contributed by atoms with van der Waals surface area (Å²) in [7, 11) is 0. The highest BCUT2D eigenvalue weighted by Crippen LogP contribution is 2.55. The molecule has 0 radical (unpaired) electrons. The Hall–Kier alpha value is -9.56. The van der Waals surface area contributed by atoms with Gasteiger partial charge in [0.15, 0.2) is 0 Å². The average molecular weight is 1020 g/mol. The fraction of sp³-hybridized carbons (Fsp3) is 0.0886. The molecule has 13 aromatic rings. The summed E-state index contributed by atoms with van der Waals surface area (Å²) in [5.41, 5.74) is 37.7. The first-order valence-electron chi connectivity index (χ1n) is 28.4. The summed E-state index contributed by atoms with van der Waals surface area (Å²) in [6, 6.07) is 94.0. The molecule has 1 heterocycles. The molecule has 0 saturated heterocycles. The molecule has 1 heteroatoms. The van der Waals surface area contributed by atoms with Crippen molar-refractivity contribution < 1.29 is 0 Å². The van der Waals surface area contributed by atoms with E-state index in [1.807, 2.05) is 0 Å². The van der Waals surface area contributed by atoms with Gasteiger partial charge in [0.1, 0.15) is 0 Å². The highest BCUT2D eigenvalue weighted by atomic mass is 15.0. The molecule has 1 aromatic heterocycles. The molecule has 0 spiro atoms. The Balaban J connectivity index is 0.814. The van der Waals surface area contributed by atoms with Crippen molar-refractivity contribution in [3.63, 3.8) is 0 Å². The predicted octanol–water partition coefficient (Wildman–Crippen LogP) is 20.9. The van der Waals surface area contributed by atoms with Gasteiger partial charge in [0.2, 0.25) is 0 Å². The van der Waals surface area contributed by atoms with Gasteiger partial charge in [-0.3, -0.25) is 0 Å². The maximum absolute atomic E-state index is 2.51. The van der Waals surface area contributed by atoms with Gasteiger partial charge < -0.3 is 4.57 Å². The van der Waals surface area contributed by atoms with Crippen LogP contribution in [0.5, 0.6) is 0 Å². The van der Waals surface area contributed by atoms with Crippen LogP contribution in [0.25, 0.3) is 128 Å². The summed E-state index contributed by atoms with van der Waals surface area (Å²) in [5.74, 6) is 0. The molecule has 0 N–H and O–H groups in total. The van der Waals surface area contributed by atoms with Gasteiger partial charge in [0.05, 0.1) is 11.0 Å². The molecule has 80 heavy (non-hydrogen) atoms. The Kier molecular flexibility index (Phi) is 10.3. The molecule has 0 unspecified atom stereocenters. The highest BCUT2D eigenvalue weighted by Gasteiger charge is 2.39. The van der Waals surface area contributed by atoms with E-state index in [0.29, 0.717) is 0 Å². The topological polar surface area (TPSA) is 4.93 Å². The van der Waals surface area contributed by atoms with E-state index < -0.39 is 0 Å². The van der Waals surface area contributed by atoms with Crippen molar-refractivity contribution in [1.82, 2.24) is 4.57 Å². The Morgan fingerprint density at radius 1 is 0.312 bits per heavy atom. The summed E-state index contributed by atoms with van der Waals surface area (Å²) in [5, 5.41) is 2.48. The van der Waals surface area contributed by atoms with Gasteiger partial charge in [0.25, 0.3) is 0 Å². The fourth-order valence-electron chi connectivity index (χ4n) is 14.5. The minimum Gasteiger partial charge on any atom is -0.309 e. The molecule has 16 rings (SSSR count). The number of fused-ring (bicyclic) bond motifs is 12. The fourth-order valence-corrected chi connectivity index (χ4v) is 14.5. The maximum Gasteiger partial charge on any atom is 0.0541 e. The predicted molar refractivity (Wildman–Crippen MR) is 337 cm³/mol. The molecule has 0 saturated carbocycles. The first kappa shape index (κ1) is 46.5. The summed E-state index contributed by atoms with van der Waals surface area (Å²) in [6.07, 6.45) is 1.93. The number of nitrogens with zero attached hydrogens (tertiary/aromatic N) is 1. The van der Waals surface area contributed by atoms with E-state index in [4.69, 9.17) is 0 Å². The van der Waals surface area contributed by atoms with E-state index >= 15 is 0 Å². The molecule has 3 aliphatic carbocycles. The van der Waals surface area contributed by atoms with Crippen molar-refractivity contribution >= 4 is 21.8 Å². The van der Waals surface area contributed by atoms with Crippen LogP contribution >= 0.6 is 0 Å². The van der Waals surface area contributed by atoms with E-state index in [9.17, 15) is 0 Å². The molecule has 0 bridgehead atoms. The van der Waals surface area contributed by atoms with Crippen molar-refractivity contribution in [3.8, 4) is 106 Å². The average Bonchev–Trinajstić information content (AvgIpc) is 4.37. The van der Waals surface area contributed by atoms with Crippen LogP contribution in [0.3, 0.4) is 0 Å². The SMILES string of the molecule is Cc1ccccc1-c1cccc(-c2ccc(-c3ccc4c(c3)c3cc(-c5ccc(-c6cccc7c6Cc6ccccc6-7)cc5)ccc3n4-c3ccc4c(c3)-c3cccc(-c5cccc6c5Cc5ccccc5-6)c3C4(C)C)cc2)c1C. The van der Waals surface area contributed by atoms with Crippen molar-refractivity contribution in [3.05, 3.63) is 293 Å². The first-order chi connectivity index (χ1) is 39.2. The van der Waals surface area contributed by atoms with Crippen molar-refractivity contribution in [2.75, 3.05) is 0 Å². The second-order valence-corrected chi connectivity index (χ2v) is 23.2. The van der Waals surface area contributed by atoms with Gasteiger partial charge in [-0.1, -0.05) is 226 Å². The molecule has 12 aromatic carbocycles. The molecule has 0 atom stereocenters. The van der Waals surface area contributed by atoms with E-state index in [0.717, 1.165) is 12.8 Å². The molecule has 1 nitrogen and oxygen atoms in total. The maximum atomic E-state index is 2.51. The summed E-state index contributed by atoms with van der Waals surface area (Å²) in [4.78, 5) is 0. The smallest absolute Gasteiger partial charge is 0.0541 e. The monoisotopic (exact) mass is 1020 g/mol. The van der Waals surface area contributed by atoms with Gasteiger partial charge >= 0.3 is 0 Å². The number of hydrogen-bond acceptors (Lipinski definition) is 0. The standard InChI is InChI=1S/C79H57N/c1-48-15-5-8-18-59(48)61-22-11-21-60(49(61)2)52-33-29-50(30-34-52)54-37-41-76-73(43-54)74-44-55(51-31-35-53(36-32-51)62-23-12-24-65-63-19-9-6-16-56(63)45-70(62)65)38-42-77(74)80(76)58-39-40-75-72(47-58)69-28-14-27-68(78(69)79(75,3)4)67-26-13-25-66-64-20-10-7-17-57(64)46-71(66)67/h5-44,47H,45-46H2,1-4H3. The van der Waals surface area contributed by atoms with Gasteiger partial charge in [-0.05, 0) is 208 Å². The van der Waals surface area contributed by atoms with Crippen molar-refractivity contribution in [2.24, 2.45) is 0 Å².